The van der Waals surface area contributed by atoms with Gasteiger partial charge in [0.1, 0.15) is 5.69 Å². The number of hydrogen-bond donors (Lipinski definition) is 1. The fourth-order valence-corrected chi connectivity index (χ4v) is 3.56. The normalized spacial score (nSPS) is 14.4. The summed E-state index contributed by atoms with van der Waals surface area (Å²) in [7, 11) is 1.22. The molecular weight excluding hydrogens is 350 g/mol. The molecule has 148 valence electrons. The average Bonchev–Trinajstić information content (AvgIpc) is 2.68. The van der Waals surface area contributed by atoms with Gasteiger partial charge in [0.05, 0.1) is 17.6 Å². The minimum Gasteiger partial charge on any atom is -0.465 e. The molecule has 8 heteroatoms. The smallest absolute Gasteiger partial charge is 0.338 e. The second-order valence-corrected chi connectivity index (χ2v) is 6.63. The van der Waals surface area contributed by atoms with E-state index >= 15 is 0 Å². The van der Waals surface area contributed by atoms with Gasteiger partial charge in [-0.25, -0.2) is 4.79 Å². The van der Waals surface area contributed by atoms with Crippen LogP contribution >= 0.6 is 0 Å². The molecule has 0 unspecified atom stereocenters. The number of nitrogens with one attached hydrogen (secondary N) is 1. The monoisotopic (exact) mass is 377 g/mol. The summed E-state index contributed by atoms with van der Waals surface area (Å²) in [5.41, 5.74) is 0.173. The van der Waals surface area contributed by atoms with Gasteiger partial charge in [-0.3, -0.25) is 14.9 Å². The van der Waals surface area contributed by atoms with E-state index < -0.39 is 10.9 Å². The zero-order valence-corrected chi connectivity index (χ0v) is 15.9. The molecule has 1 N–H and O–H groups in total. The maximum Gasteiger partial charge on any atom is 0.338 e. The Morgan fingerprint density at radius 2 is 2.00 bits per heavy atom. The van der Waals surface area contributed by atoms with E-state index in [1.165, 1.54) is 31.7 Å². The van der Waals surface area contributed by atoms with E-state index in [0.29, 0.717) is 19.1 Å². The standard InChI is InChI=1S/C19H27N3O5/c1-3-21(15-7-5-4-6-8-15)18(23)11-12-20-16-10-9-14(19(24)27-2)13-17(16)22(25)26/h9-10,13,15,20H,3-8,11-12H2,1-2H3. The molecule has 0 saturated heterocycles. The molecule has 1 aromatic rings. The lowest BCUT2D eigenvalue weighted by molar-refractivity contribution is -0.384. The summed E-state index contributed by atoms with van der Waals surface area (Å²) < 4.78 is 4.59. The van der Waals surface area contributed by atoms with E-state index in [1.54, 1.807) is 0 Å². The fourth-order valence-electron chi connectivity index (χ4n) is 3.56. The molecule has 0 heterocycles. The molecule has 0 spiro atoms. The number of nitro groups is 1. The van der Waals surface area contributed by atoms with E-state index in [9.17, 15) is 19.7 Å². The summed E-state index contributed by atoms with van der Waals surface area (Å²) in [6.07, 6.45) is 5.91. The van der Waals surface area contributed by atoms with Crippen molar-refractivity contribution in [2.24, 2.45) is 0 Å². The lowest BCUT2D eigenvalue weighted by atomic mass is 9.94. The largest absolute Gasteiger partial charge is 0.465 e. The highest BCUT2D eigenvalue weighted by atomic mass is 16.6. The number of benzene rings is 1. The summed E-state index contributed by atoms with van der Waals surface area (Å²) >= 11 is 0. The maximum atomic E-state index is 12.6. The van der Waals surface area contributed by atoms with E-state index in [-0.39, 0.29) is 29.3 Å². The van der Waals surface area contributed by atoms with Crippen molar-refractivity contribution in [1.82, 2.24) is 4.90 Å². The Kier molecular flexibility index (Phi) is 7.57. The predicted octanol–water partition coefficient (Wildman–Crippen LogP) is 3.36. The van der Waals surface area contributed by atoms with E-state index in [4.69, 9.17) is 0 Å². The zero-order chi connectivity index (χ0) is 19.8. The van der Waals surface area contributed by atoms with E-state index in [1.807, 2.05) is 11.8 Å². The molecule has 1 aromatic carbocycles. The molecule has 1 saturated carbocycles. The summed E-state index contributed by atoms with van der Waals surface area (Å²) in [6.45, 7) is 2.95. The van der Waals surface area contributed by atoms with Crippen LogP contribution in [0.15, 0.2) is 18.2 Å². The van der Waals surface area contributed by atoms with Gasteiger partial charge in [-0.1, -0.05) is 19.3 Å². The highest BCUT2D eigenvalue weighted by Gasteiger charge is 2.24. The van der Waals surface area contributed by atoms with Crippen molar-refractivity contribution in [3.05, 3.63) is 33.9 Å². The van der Waals surface area contributed by atoms with Crippen molar-refractivity contribution in [3.63, 3.8) is 0 Å². The van der Waals surface area contributed by atoms with Crippen molar-refractivity contribution < 1.29 is 19.2 Å². The molecule has 27 heavy (non-hydrogen) atoms. The van der Waals surface area contributed by atoms with Gasteiger partial charge in [0.15, 0.2) is 0 Å². The lowest BCUT2D eigenvalue weighted by Gasteiger charge is -2.33. The van der Waals surface area contributed by atoms with E-state index in [2.05, 4.69) is 10.1 Å². The van der Waals surface area contributed by atoms with Gasteiger partial charge in [-0.2, -0.15) is 0 Å². The van der Waals surface area contributed by atoms with Crippen LogP contribution in [0.4, 0.5) is 11.4 Å². The number of esters is 1. The molecule has 0 aromatic heterocycles. The van der Waals surface area contributed by atoms with Crippen LogP contribution in [0, 0.1) is 10.1 Å². The van der Waals surface area contributed by atoms with Crippen LogP contribution in [0.2, 0.25) is 0 Å². The van der Waals surface area contributed by atoms with Crippen molar-refractivity contribution in [2.45, 2.75) is 51.5 Å². The van der Waals surface area contributed by atoms with Crippen molar-refractivity contribution in [3.8, 4) is 0 Å². The SMILES string of the molecule is CCN(C(=O)CCNc1ccc(C(=O)OC)cc1[N+](=O)[O-])C1CCCCC1. The Labute approximate surface area is 159 Å². The summed E-state index contributed by atoms with van der Waals surface area (Å²) in [6, 6.07) is 4.41. The molecule has 8 nitrogen and oxygen atoms in total. The van der Waals surface area contributed by atoms with Crippen molar-refractivity contribution in [2.75, 3.05) is 25.5 Å². The topological polar surface area (TPSA) is 102 Å². The number of hydrogen-bond acceptors (Lipinski definition) is 6. The first-order chi connectivity index (χ1) is 13.0. The first kappa shape index (κ1) is 20.7. The van der Waals surface area contributed by atoms with Gasteiger partial charge < -0.3 is 15.0 Å². The second kappa shape index (κ2) is 9.89. The van der Waals surface area contributed by atoms with Gasteiger partial charge in [0.2, 0.25) is 5.91 Å². The third-order valence-electron chi connectivity index (χ3n) is 4.95. The van der Waals surface area contributed by atoms with Gasteiger partial charge in [-0.15, -0.1) is 0 Å². The molecule has 0 radical (unpaired) electrons. The van der Waals surface area contributed by atoms with E-state index in [0.717, 1.165) is 25.7 Å². The van der Waals surface area contributed by atoms with Crippen molar-refractivity contribution >= 4 is 23.3 Å². The zero-order valence-electron chi connectivity index (χ0n) is 15.9. The number of carbonyl (C=O) groups excluding carboxylic acids is 2. The molecule has 1 fully saturated rings. The molecule has 1 amide bonds. The molecular formula is C19H27N3O5. The van der Waals surface area contributed by atoms with Crippen LogP contribution in [0.5, 0.6) is 0 Å². The Bertz CT molecular complexity index is 686. The quantitative estimate of drug-likeness (QED) is 0.423. The Balaban J connectivity index is 1.98. The van der Waals surface area contributed by atoms with Crippen LogP contribution < -0.4 is 5.32 Å². The lowest BCUT2D eigenvalue weighted by Crippen LogP contribution is -2.41. The van der Waals surface area contributed by atoms with Gasteiger partial charge in [-0.05, 0) is 31.9 Å². The molecule has 1 aliphatic carbocycles. The molecule has 1 aliphatic rings. The molecule has 0 bridgehead atoms. The third kappa shape index (κ3) is 5.42. The highest BCUT2D eigenvalue weighted by molar-refractivity contribution is 5.91. The van der Waals surface area contributed by atoms with Crippen LogP contribution in [0.25, 0.3) is 0 Å². The Morgan fingerprint density at radius 1 is 1.30 bits per heavy atom. The fraction of sp³-hybridized carbons (Fsp3) is 0.579. The number of nitrogens with zero attached hydrogens (tertiary/aromatic N) is 2. The summed E-state index contributed by atoms with van der Waals surface area (Å²) in [5, 5.41) is 14.2. The molecule has 0 aliphatic heterocycles. The van der Waals surface area contributed by atoms with Gasteiger partial charge in [0.25, 0.3) is 5.69 Å². The predicted molar refractivity (Wildman–Crippen MR) is 102 cm³/mol. The number of amides is 1. The minimum absolute atomic E-state index is 0.0609. The first-order valence-corrected chi connectivity index (χ1v) is 9.38. The Hall–Kier alpha value is -2.64. The summed E-state index contributed by atoms with van der Waals surface area (Å²) in [5.74, 6) is -0.573. The van der Waals surface area contributed by atoms with Crippen LogP contribution in [-0.4, -0.2) is 47.9 Å². The number of nitro benzene ring substituents is 1. The number of rotatable bonds is 8. The van der Waals surface area contributed by atoms with Crippen molar-refractivity contribution in [1.29, 1.82) is 0 Å². The molecule has 0 atom stereocenters. The van der Waals surface area contributed by atoms with Crippen LogP contribution in [0.1, 0.15) is 55.8 Å². The number of anilines is 1. The van der Waals surface area contributed by atoms with Crippen LogP contribution in [0.3, 0.4) is 0 Å². The third-order valence-corrected chi connectivity index (χ3v) is 4.95. The molecule has 2 rings (SSSR count). The number of ether oxygens (including phenoxy) is 1. The maximum absolute atomic E-state index is 12.6. The average molecular weight is 377 g/mol. The highest BCUT2D eigenvalue weighted by Crippen LogP contribution is 2.26. The first-order valence-electron chi connectivity index (χ1n) is 9.38. The minimum atomic E-state index is -0.633. The Morgan fingerprint density at radius 3 is 2.59 bits per heavy atom. The van der Waals surface area contributed by atoms with Gasteiger partial charge in [0, 0.05) is 31.6 Å². The number of carbonyl (C=O) groups is 2. The second-order valence-electron chi connectivity index (χ2n) is 6.63. The van der Waals surface area contributed by atoms with Crippen LogP contribution in [-0.2, 0) is 9.53 Å². The summed E-state index contributed by atoms with van der Waals surface area (Å²) in [4.78, 5) is 36.8. The van der Waals surface area contributed by atoms with Gasteiger partial charge >= 0.3 is 5.97 Å². The number of methoxy groups -OCH3 is 1.